The summed E-state index contributed by atoms with van der Waals surface area (Å²) in [5, 5.41) is 11.9. The van der Waals surface area contributed by atoms with Crippen LogP contribution in [0.2, 0.25) is 0 Å². The largest absolute Gasteiger partial charge is 0.490 e. The van der Waals surface area contributed by atoms with E-state index in [-0.39, 0.29) is 11.9 Å². The van der Waals surface area contributed by atoms with Gasteiger partial charge in [-0.3, -0.25) is 4.79 Å². The van der Waals surface area contributed by atoms with E-state index in [1.54, 1.807) is 18.2 Å². The quantitative estimate of drug-likeness (QED) is 0.689. The van der Waals surface area contributed by atoms with E-state index in [2.05, 4.69) is 29.6 Å². The van der Waals surface area contributed by atoms with Crippen molar-refractivity contribution in [1.82, 2.24) is 5.32 Å². The molecule has 3 rings (SSSR count). The Labute approximate surface area is 164 Å². The number of carboxylic acid groups (broad SMARTS) is 1. The van der Waals surface area contributed by atoms with Gasteiger partial charge < -0.3 is 19.9 Å². The topological polar surface area (TPSA) is 84.9 Å². The van der Waals surface area contributed by atoms with Crippen molar-refractivity contribution >= 4 is 11.9 Å². The van der Waals surface area contributed by atoms with E-state index >= 15 is 0 Å². The van der Waals surface area contributed by atoms with Crippen LogP contribution in [0, 0.1) is 12.8 Å². The lowest BCUT2D eigenvalue weighted by Gasteiger charge is -2.20. The first-order chi connectivity index (χ1) is 13.5. The zero-order valence-electron chi connectivity index (χ0n) is 16.1. The van der Waals surface area contributed by atoms with Crippen molar-refractivity contribution in [2.75, 3.05) is 13.2 Å². The number of carbonyl (C=O) groups excluding carboxylic acids is 1. The van der Waals surface area contributed by atoms with Gasteiger partial charge in [0.05, 0.1) is 12.6 Å². The van der Waals surface area contributed by atoms with Gasteiger partial charge in [-0.25, -0.2) is 4.79 Å². The number of carboxylic acids is 1. The Morgan fingerprint density at radius 3 is 2.43 bits per heavy atom. The number of carbonyl (C=O) groups is 2. The number of rotatable bonds is 9. The van der Waals surface area contributed by atoms with Gasteiger partial charge >= 0.3 is 5.97 Å². The Bertz CT molecular complexity index is 843. The minimum absolute atomic E-state index is 0.0217. The molecular formula is C22H25NO5. The highest BCUT2D eigenvalue weighted by Gasteiger charge is 2.33. The maximum atomic E-state index is 12.9. The SMILES string of the molecule is CCOc1cc(C(=O)NC(c2ccc(C)cc2)C2CC2)ccc1OCC(=O)O. The molecule has 1 amide bonds. The smallest absolute Gasteiger partial charge is 0.341 e. The Balaban J connectivity index is 1.77. The van der Waals surface area contributed by atoms with E-state index in [1.807, 2.05) is 13.8 Å². The van der Waals surface area contributed by atoms with E-state index in [0.717, 1.165) is 18.4 Å². The number of amides is 1. The van der Waals surface area contributed by atoms with Gasteiger partial charge in [-0.05, 0) is 56.4 Å². The number of aliphatic carboxylic acids is 1. The molecule has 1 fully saturated rings. The molecule has 0 bridgehead atoms. The molecule has 1 atom stereocenters. The fourth-order valence-corrected chi connectivity index (χ4v) is 3.08. The molecule has 0 aliphatic heterocycles. The molecule has 2 aromatic carbocycles. The molecule has 2 N–H and O–H groups in total. The molecule has 0 aromatic heterocycles. The zero-order valence-corrected chi connectivity index (χ0v) is 16.1. The fraction of sp³-hybridized carbons (Fsp3) is 0.364. The van der Waals surface area contributed by atoms with Gasteiger partial charge in [0.2, 0.25) is 0 Å². The van der Waals surface area contributed by atoms with Crippen LogP contribution in [0.25, 0.3) is 0 Å². The van der Waals surface area contributed by atoms with Gasteiger partial charge in [0.25, 0.3) is 5.91 Å². The van der Waals surface area contributed by atoms with Crippen molar-refractivity contribution in [3.05, 3.63) is 59.2 Å². The fourth-order valence-electron chi connectivity index (χ4n) is 3.08. The van der Waals surface area contributed by atoms with Crippen molar-refractivity contribution in [2.45, 2.75) is 32.7 Å². The minimum Gasteiger partial charge on any atom is -0.490 e. The van der Waals surface area contributed by atoms with Crippen molar-refractivity contribution in [2.24, 2.45) is 5.92 Å². The van der Waals surface area contributed by atoms with Crippen LogP contribution in [0.5, 0.6) is 11.5 Å². The number of aryl methyl sites for hydroxylation is 1. The first-order valence-corrected chi connectivity index (χ1v) is 9.46. The first kappa shape index (κ1) is 19.7. The summed E-state index contributed by atoms with van der Waals surface area (Å²) in [5.74, 6) is -0.151. The van der Waals surface area contributed by atoms with Crippen molar-refractivity contribution in [1.29, 1.82) is 0 Å². The number of nitrogens with one attached hydrogen (secondary N) is 1. The molecule has 6 heteroatoms. The van der Waals surface area contributed by atoms with Crippen LogP contribution < -0.4 is 14.8 Å². The maximum Gasteiger partial charge on any atom is 0.341 e. The molecular weight excluding hydrogens is 358 g/mol. The summed E-state index contributed by atoms with van der Waals surface area (Å²) < 4.78 is 10.8. The minimum atomic E-state index is -1.07. The molecule has 1 aliphatic carbocycles. The van der Waals surface area contributed by atoms with Gasteiger partial charge in [-0.1, -0.05) is 29.8 Å². The third-order valence-electron chi connectivity index (χ3n) is 4.67. The summed E-state index contributed by atoms with van der Waals surface area (Å²) in [6, 6.07) is 13.0. The molecule has 1 aliphatic rings. The molecule has 6 nitrogen and oxygen atoms in total. The monoisotopic (exact) mass is 383 g/mol. The molecule has 1 saturated carbocycles. The predicted molar refractivity (Wildman–Crippen MR) is 105 cm³/mol. The average molecular weight is 383 g/mol. The summed E-state index contributed by atoms with van der Waals surface area (Å²) in [4.78, 5) is 23.6. The second-order valence-electron chi connectivity index (χ2n) is 6.98. The summed E-state index contributed by atoms with van der Waals surface area (Å²) in [6.07, 6.45) is 2.20. The van der Waals surface area contributed by atoms with Gasteiger partial charge in [0.15, 0.2) is 18.1 Å². The Morgan fingerprint density at radius 2 is 1.82 bits per heavy atom. The molecule has 28 heavy (non-hydrogen) atoms. The van der Waals surface area contributed by atoms with Gasteiger partial charge in [0, 0.05) is 5.56 Å². The highest BCUT2D eigenvalue weighted by molar-refractivity contribution is 5.95. The molecule has 0 spiro atoms. The summed E-state index contributed by atoms with van der Waals surface area (Å²) in [7, 11) is 0. The molecule has 0 heterocycles. The van der Waals surface area contributed by atoms with E-state index in [0.29, 0.717) is 29.6 Å². The second kappa shape index (κ2) is 8.78. The average Bonchev–Trinajstić information content (AvgIpc) is 3.51. The molecule has 0 saturated heterocycles. The van der Waals surface area contributed by atoms with E-state index in [1.165, 1.54) is 5.56 Å². The Hall–Kier alpha value is -3.02. The van der Waals surface area contributed by atoms with Crippen LogP contribution in [0.15, 0.2) is 42.5 Å². The predicted octanol–water partition coefficient (Wildman–Crippen LogP) is 3.74. The molecule has 1 unspecified atom stereocenters. The van der Waals surface area contributed by atoms with Crippen LogP contribution in [0.4, 0.5) is 0 Å². The lowest BCUT2D eigenvalue weighted by atomic mass is 10.0. The summed E-state index contributed by atoms with van der Waals surface area (Å²) in [5.41, 5.74) is 2.74. The van der Waals surface area contributed by atoms with Crippen LogP contribution in [-0.2, 0) is 4.79 Å². The highest BCUT2D eigenvalue weighted by Crippen LogP contribution is 2.41. The number of ether oxygens (including phenoxy) is 2. The van der Waals surface area contributed by atoms with Crippen LogP contribution >= 0.6 is 0 Å². The maximum absolute atomic E-state index is 12.9. The van der Waals surface area contributed by atoms with Gasteiger partial charge in [-0.15, -0.1) is 0 Å². The molecule has 148 valence electrons. The van der Waals surface area contributed by atoms with E-state index in [4.69, 9.17) is 14.6 Å². The van der Waals surface area contributed by atoms with Crippen LogP contribution in [0.1, 0.15) is 47.3 Å². The standard InChI is InChI=1S/C22H25NO5/c1-3-27-19-12-17(10-11-18(19)28-13-20(24)25)22(26)23-21(16-8-9-16)15-6-4-14(2)5-7-15/h4-7,10-12,16,21H,3,8-9,13H2,1-2H3,(H,23,26)(H,24,25). The third-order valence-corrected chi connectivity index (χ3v) is 4.67. The van der Waals surface area contributed by atoms with Gasteiger partial charge in [-0.2, -0.15) is 0 Å². The van der Waals surface area contributed by atoms with Crippen molar-refractivity contribution in [3.63, 3.8) is 0 Å². The third kappa shape index (κ3) is 5.03. The number of hydrogen-bond acceptors (Lipinski definition) is 4. The van der Waals surface area contributed by atoms with Crippen molar-refractivity contribution < 1.29 is 24.2 Å². The Morgan fingerprint density at radius 1 is 1.11 bits per heavy atom. The van der Waals surface area contributed by atoms with E-state index in [9.17, 15) is 9.59 Å². The zero-order chi connectivity index (χ0) is 20.1. The number of hydrogen-bond donors (Lipinski definition) is 2. The summed E-state index contributed by atoms with van der Waals surface area (Å²) in [6.45, 7) is 3.76. The van der Waals surface area contributed by atoms with E-state index < -0.39 is 12.6 Å². The lowest BCUT2D eigenvalue weighted by Crippen LogP contribution is -2.30. The summed E-state index contributed by atoms with van der Waals surface area (Å²) >= 11 is 0. The van der Waals surface area contributed by atoms with Crippen molar-refractivity contribution in [3.8, 4) is 11.5 Å². The molecule has 2 aromatic rings. The van der Waals surface area contributed by atoms with Crippen LogP contribution in [0.3, 0.4) is 0 Å². The number of benzene rings is 2. The van der Waals surface area contributed by atoms with Crippen LogP contribution in [-0.4, -0.2) is 30.2 Å². The highest BCUT2D eigenvalue weighted by atomic mass is 16.5. The normalized spacial score (nSPS) is 14.2. The molecule has 0 radical (unpaired) electrons. The second-order valence-corrected chi connectivity index (χ2v) is 6.98. The first-order valence-electron chi connectivity index (χ1n) is 9.46. The lowest BCUT2D eigenvalue weighted by molar-refractivity contribution is -0.139. The Kier molecular flexibility index (Phi) is 6.19. The van der Waals surface area contributed by atoms with Gasteiger partial charge in [0.1, 0.15) is 0 Å².